The molecule has 2 rings (SSSR count). The summed E-state index contributed by atoms with van der Waals surface area (Å²) in [6, 6.07) is 4.08. The zero-order valence-corrected chi connectivity index (χ0v) is 11.5. The van der Waals surface area contributed by atoms with Gasteiger partial charge in [0.05, 0.1) is 5.56 Å². The monoisotopic (exact) mass is 323 g/mol. The molecule has 0 aliphatic carbocycles. The molecule has 1 amide bonds. The van der Waals surface area contributed by atoms with E-state index < -0.39 is 11.5 Å². The normalized spacial score (nSPS) is 10.2. The Balaban J connectivity index is 2.28. The lowest BCUT2D eigenvalue weighted by atomic mass is 10.2. The molecule has 19 heavy (non-hydrogen) atoms. The van der Waals surface area contributed by atoms with Crippen molar-refractivity contribution >= 4 is 27.7 Å². The summed E-state index contributed by atoms with van der Waals surface area (Å²) in [5, 5.41) is 11.8. The van der Waals surface area contributed by atoms with Crippen molar-refractivity contribution in [2.45, 2.75) is 6.92 Å². The first-order valence-corrected chi connectivity index (χ1v) is 6.12. The molecule has 0 aromatic carbocycles. The van der Waals surface area contributed by atoms with E-state index in [4.69, 9.17) is 0 Å². The summed E-state index contributed by atoms with van der Waals surface area (Å²) in [7, 11) is 0. The number of H-pyrrole nitrogens is 1. The Morgan fingerprint density at radius 1 is 1.42 bits per heavy atom. The number of anilines is 1. The van der Waals surface area contributed by atoms with Crippen molar-refractivity contribution in [2.24, 2.45) is 0 Å². The summed E-state index contributed by atoms with van der Waals surface area (Å²) in [5.74, 6) is -0.481. The molecule has 98 valence electrons. The summed E-state index contributed by atoms with van der Waals surface area (Å²) in [5.41, 5.74) is 0.285. The highest BCUT2D eigenvalue weighted by Crippen LogP contribution is 2.17. The molecule has 0 aliphatic heterocycles. The van der Waals surface area contributed by atoms with Gasteiger partial charge < -0.3 is 10.4 Å². The number of carbonyl (C=O) groups excluding carboxylic acids is 1. The number of aryl methyl sites for hydroxylation is 1. The van der Waals surface area contributed by atoms with Crippen molar-refractivity contribution in [2.75, 3.05) is 5.32 Å². The second-order valence-corrected chi connectivity index (χ2v) is 4.81. The summed E-state index contributed by atoms with van der Waals surface area (Å²) in [6.45, 7) is 1.79. The maximum Gasteiger partial charge on any atom is 0.257 e. The third-order valence-electron chi connectivity index (χ3n) is 2.37. The van der Waals surface area contributed by atoms with Crippen LogP contribution in [0.25, 0.3) is 0 Å². The summed E-state index contributed by atoms with van der Waals surface area (Å²) in [6.07, 6.45) is 1.55. The fraction of sp³-hybridized carbons (Fsp3) is 0.0833. The van der Waals surface area contributed by atoms with Gasteiger partial charge in [-0.3, -0.25) is 14.6 Å². The van der Waals surface area contributed by atoms with Crippen molar-refractivity contribution in [3.63, 3.8) is 0 Å². The van der Waals surface area contributed by atoms with Crippen LogP contribution in [0.4, 0.5) is 5.82 Å². The lowest BCUT2D eigenvalue weighted by molar-refractivity contribution is 0.102. The average molecular weight is 324 g/mol. The van der Waals surface area contributed by atoms with Crippen LogP contribution in [0.15, 0.2) is 33.7 Å². The van der Waals surface area contributed by atoms with E-state index in [-0.39, 0.29) is 11.4 Å². The number of aromatic hydroxyl groups is 1. The Hall–Kier alpha value is -2.15. The fourth-order valence-corrected chi connectivity index (χ4v) is 1.96. The molecule has 0 saturated heterocycles. The number of pyridine rings is 2. The molecule has 2 aromatic rings. The van der Waals surface area contributed by atoms with E-state index >= 15 is 0 Å². The number of aromatic nitrogens is 2. The van der Waals surface area contributed by atoms with Crippen molar-refractivity contribution < 1.29 is 9.90 Å². The molecule has 0 saturated carbocycles. The standard InChI is InChI=1S/C12H10BrN3O3/c1-6-2-8(13)5-14-11(6)16-12(19)7-3-9(17)15-10(18)4-7/h2-5H,1H3,(H,14,16,19)(H2,15,17,18). The Bertz CT molecular complexity index is 697. The predicted molar refractivity (Wildman–Crippen MR) is 73.4 cm³/mol. The van der Waals surface area contributed by atoms with Crippen LogP contribution >= 0.6 is 15.9 Å². The van der Waals surface area contributed by atoms with Gasteiger partial charge in [0, 0.05) is 22.8 Å². The maximum atomic E-state index is 11.9. The van der Waals surface area contributed by atoms with Crippen LogP contribution in [0, 0.1) is 6.92 Å². The van der Waals surface area contributed by atoms with Gasteiger partial charge in [0.15, 0.2) is 5.88 Å². The van der Waals surface area contributed by atoms with E-state index in [9.17, 15) is 14.7 Å². The summed E-state index contributed by atoms with van der Waals surface area (Å²) in [4.78, 5) is 29.3. The number of hydrogen-bond acceptors (Lipinski definition) is 4. The van der Waals surface area contributed by atoms with E-state index in [1.54, 1.807) is 19.2 Å². The van der Waals surface area contributed by atoms with E-state index in [1.165, 1.54) is 6.07 Å². The lowest BCUT2D eigenvalue weighted by Gasteiger charge is -2.07. The van der Waals surface area contributed by atoms with Gasteiger partial charge in [0.25, 0.3) is 11.5 Å². The van der Waals surface area contributed by atoms with Gasteiger partial charge in [-0.1, -0.05) is 0 Å². The predicted octanol–water partition coefficient (Wildman–Crippen LogP) is 1.80. The molecule has 0 fully saturated rings. The van der Waals surface area contributed by atoms with Gasteiger partial charge in [-0.05, 0) is 34.5 Å². The lowest BCUT2D eigenvalue weighted by Crippen LogP contribution is -2.17. The highest BCUT2D eigenvalue weighted by molar-refractivity contribution is 9.10. The molecule has 0 bridgehead atoms. The second-order valence-electron chi connectivity index (χ2n) is 3.89. The summed E-state index contributed by atoms with van der Waals surface area (Å²) >= 11 is 3.27. The summed E-state index contributed by atoms with van der Waals surface area (Å²) < 4.78 is 0.803. The molecule has 0 radical (unpaired) electrons. The van der Waals surface area contributed by atoms with Gasteiger partial charge in [-0.15, -0.1) is 0 Å². The molecule has 0 aliphatic rings. The maximum absolute atomic E-state index is 11.9. The van der Waals surface area contributed by atoms with Crippen LogP contribution in [0.1, 0.15) is 15.9 Å². The van der Waals surface area contributed by atoms with Crippen LogP contribution < -0.4 is 10.9 Å². The number of halogens is 1. The highest BCUT2D eigenvalue weighted by Gasteiger charge is 2.10. The third-order valence-corrected chi connectivity index (χ3v) is 2.80. The SMILES string of the molecule is Cc1cc(Br)cnc1NC(=O)c1cc(O)[nH]c(=O)c1. The van der Waals surface area contributed by atoms with Crippen LogP contribution in [-0.4, -0.2) is 21.0 Å². The molecule has 3 N–H and O–H groups in total. The molecule has 2 aromatic heterocycles. The zero-order valence-electron chi connectivity index (χ0n) is 9.90. The van der Waals surface area contributed by atoms with Gasteiger partial charge in [-0.2, -0.15) is 0 Å². The zero-order chi connectivity index (χ0) is 14.0. The number of nitrogens with zero attached hydrogens (tertiary/aromatic N) is 1. The third kappa shape index (κ3) is 3.19. The van der Waals surface area contributed by atoms with Crippen LogP contribution in [0.3, 0.4) is 0 Å². The minimum Gasteiger partial charge on any atom is -0.494 e. The molecule has 0 spiro atoms. The second kappa shape index (κ2) is 5.23. The van der Waals surface area contributed by atoms with E-state index in [0.717, 1.165) is 16.1 Å². The Morgan fingerprint density at radius 2 is 2.16 bits per heavy atom. The fourth-order valence-electron chi connectivity index (χ4n) is 1.51. The van der Waals surface area contributed by atoms with Crippen LogP contribution in [0.2, 0.25) is 0 Å². The number of carbonyl (C=O) groups is 1. The van der Waals surface area contributed by atoms with Crippen molar-refractivity contribution in [3.05, 3.63) is 50.3 Å². The first-order valence-electron chi connectivity index (χ1n) is 5.32. The molecule has 7 heteroatoms. The number of aromatic amines is 1. The molecule has 2 heterocycles. The topological polar surface area (TPSA) is 95.1 Å². The molecular formula is C12H10BrN3O3. The minimum absolute atomic E-state index is 0.0605. The minimum atomic E-state index is -0.550. The molecule has 0 unspecified atom stereocenters. The van der Waals surface area contributed by atoms with Crippen LogP contribution in [0.5, 0.6) is 5.88 Å². The largest absolute Gasteiger partial charge is 0.494 e. The Kier molecular flexibility index (Phi) is 3.66. The first kappa shape index (κ1) is 13.3. The van der Waals surface area contributed by atoms with Gasteiger partial charge in [0.2, 0.25) is 0 Å². The van der Waals surface area contributed by atoms with Crippen molar-refractivity contribution in [1.29, 1.82) is 0 Å². The van der Waals surface area contributed by atoms with E-state index in [2.05, 4.69) is 31.2 Å². The number of hydrogen-bond donors (Lipinski definition) is 3. The van der Waals surface area contributed by atoms with E-state index in [1.807, 2.05) is 0 Å². The highest BCUT2D eigenvalue weighted by atomic mass is 79.9. The first-order chi connectivity index (χ1) is 8.95. The van der Waals surface area contributed by atoms with Crippen molar-refractivity contribution in [1.82, 2.24) is 9.97 Å². The molecule has 6 nitrogen and oxygen atoms in total. The number of rotatable bonds is 2. The smallest absolute Gasteiger partial charge is 0.257 e. The number of nitrogens with one attached hydrogen (secondary N) is 2. The van der Waals surface area contributed by atoms with Gasteiger partial charge >= 0.3 is 0 Å². The quantitative estimate of drug-likeness (QED) is 0.785. The van der Waals surface area contributed by atoms with Crippen molar-refractivity contribution in [3.8, 4) is 5.88 Å². The Labute approximate surface area is 116 Å². The molecular weight excluding hydrogens is 314 g/mol. The average Bonchev–Trinajstić information content (AvgIpc) is 2.31. The van der Waals surface area contributed by atoms with Crippen LogP contribution in [-0.2, 0) is 0 Å². The van der Waals surface area contributed by atoms with Gasteiger partial charge in [0.1, 0.15) is 5.82 Å². The Morgan fingerprint density at radius 3 is 2.79 bits per heavy atom. The number of amides is 1. The van der Waals surface area contributed by atoms with Gasteiger partial charge in [-0.25, -0.2) is 4.98 Å². The van der Waals surface area contributed by atoms with E-state index in [0.29, 0.717) is 5.82 Å². The molecule has 0 atom stereocenters.